The SMILES string of the molecule is C/C(=N/NC(=O)CN(c1cccc(C)c1)S(=O)(=O)c1ccccc1)c1cccc(NC(=O)c2ccccc2)c1. The van der Waals surface area contributed by atoms with Gasteiger partial charge in [0.05, 0.1) is 16.3 Å². The van der Waals surface area contributed by atoms with Gasteiger partial charge in [0.2, 0.25) is 0 Å². The van der Waals surface area contributed by atoms with Crippen LogP contribution in [0.3, 0.4) is 0 Å². The molecule has 198 valence electrons. The molecular weight excluding hydrogens is 512 g/mol. The van der Waals surface area contributed by atoms with Gasteiger partial charge in [-0.15, -0.1) is 0 Å². The van der Waals surface area contributed by atoms with Crippen molar-refractivity contribution in [1.82, 2.24) is 5.43 Å². The molecule has 0 spiro atoms. The molecular formula is C30H28N4O4S. The number of carbonyl (C=O) groups is 2. The number of benzene rings is 4. The Labute approximate surface area is 228 Å². The molecule has 0 atom stereocenters. The van der Waals surface area contributed by atoms with Crippen molar-refractivity contribution in [3.8, 4) is 0 Å². The van der Waals surface area contributed by atoms with Crippen molar-refractivity contribution < 1.29 is 18.0 Å². The quantitative estimate of drug-likeness (QED) is 0.231. The van der Waals surface area contributed by atoms with Gasteiger partial charge in [0.25, 0.3) is 21.8 Å². The highest BCUT2D eigenvalue weighted by Gasteiger charge is 2.27. The van der Waals surface area contributed by atoms with E-state index in [1.807, 2.05) is 19.1 Å². The van der Waals surface area contributed by atoms with Crippen molar-refractivity contribution in [3.05, 3.63) is 126 Å². The lowest BCUT2D eigenvalue weighted by molar-refractivity contribution is -0.119. The van der Waals surface area contributed by atoms with Crippen molar-refractivity contribution in [3.63, 3.8) is 0 Å². The number of nitrogens with zero attached hydrogens (tertiary/aromatic N) is 2. The van der Waals surface area contributed by atoms with Crippen LogP contribution >= 0.6 is 0 Å². The zero-order valence-electron chi connectivity index (χ0n) is 21.5. The smallest absolute Gasteiger partial charge is 0.264 e. The Kier molecular flexibility index (Phi) is 8.53. The molecule has 0 radical (unpaired) electrons. The molecule has 0 aliphatic heterocycles. The minimum Gasteiger partial charge on any atom is -0.322 e. The Balaban J connectivity index is 1.50. The number of aryl methyl sites for hydroxylation is 1. The lowest BCUT2D eigenvalue weighted by atomic mass is 10.1. The van der Waals surface area contributed by atoms with Crippen LogP contribution in [0.15, 0.2) is 119 Å². The van der Waals surface area contributed by atoms with E-state index in [2.05, 4.69) is 15.8 Å². The molecule has 0 bridgehead atoms. The number of hydrogen-bond donors (Lipinski definition) is 2. The van der Waals surface area contributed by atoms with E-state index in [0.29, 0.717) is 28.2 Å². The van der Waals surface area contributed by atoms with Crippen LogP contribution in [-0.4, -0.2) is 32.5 Å². The molecule has 4 aromatic carbocycles. The van der Waals surface area contributed by atoms with Crippen LogP contribution < -0.4 is 15.0 Å². The first-order chi connectivity index (χ1) is 18.7. The van der Waals surface area contributed by atoms with E-state index < -0.39 is 22.5 Å². The highest BCUT2D eigenvalue weighted by atomic mass is 32.2. The van der Waals surface area contributed by atoms with E-state index in [4.69, 9.17) is 0 Å². The maximum absolute atomic E-state index is 13.4. The normalized spacial score (nSPS) is 11.5. The Bertz CT molecular complexity index is 1600. The van der Waals surface area contributed by atoms with Gasteiger partial charge in [0.1, 0.15) is 6.54 Å². The van der Waals surface area contributed by atoms with Gasteiger partial charge in [0.15, 0.2) is 0 Å². The predicted molar refractivity (Wildman–Crippen MR) is 153 cm³/mol. The van der Waals surface area contributed by atoms with Crippen LogP contribution in [0.25, 0.3) is 0 Å². The van der Waals surface area contributed by atoms with Gasteiger partial charge in [-0.3, -0.25) is 13.9 Å². The third-order valence-electron chi connectivity index (χ3n) is 5.83. The minimum absolute atomic E-state index is 0.0772. The molecule has 2 amide bonds. The summed E-state index contributed by atoms with van der Waals surface area (Å²) in [5.74, 6) is -0.851. The van der Waals surface area contributed by atoms with Gasteiger partial charge < -0.3 is 5.32 Å². The summed E-state index contributed by atoms with van der Waals surface area (Å²) in [6.07, 6.45) is 0. The van der Waals surface area contributed by atoms with E-state index in [0.717, 1.165) is 9.87 Å². The molecule has 2 N–H and O–H groups in total. The first-order valence-electron chi connectivity index (χ1n) is 12.2. The summed E-state index contributed by atoms with van der Waals surface area (Å²) in [6.45, 7) is 3.09. The molecule has 0 heterocycles. The summed E-state index contributed by atoms with van der Waals surface area (Å²) in [7, 11) is -4.01. The largest absolute Gasteiger partial charge is 0.322 e. The van der Waals surface area contributed by atoms with Crippen LogP contribution in [-0.2, 0) is 14.8 Å². The molecule has 0 saturated heterocycles. The van der Waals surface area contributed by atoms with E-state index in [9.17, 15) is 18.0 Å². The van der Waals surface area contributed by atoms with Crippen LogP contribution in [0.2, 0.25) is 0 Å². The number of hydrogen-bond acceptors (Lipinski definition) is 5. The van der Waals surface area contributed by atoms with Crippen molar-refractivity contribution in [1.29, 1.82) is 0 Å². The summed E-state index contributed by atoms with van der Waals surface area (Å²) in [6, 6.07) is 30.8. The fourth-order valence-electron chi connectivity index (χ4n) is 3.81. The number of sulfonamides is 1. The second-order valence-electron chi connectivity index (χ2n) is 8.80. The van der Waals surface area contributed by atoms with E-state index in [1.165, 1.54) is 12.1 Å². The van der Waals surface area contributed by atoms with Crippen LogP contribution in [0.1, 0.15) is 28.4 Å². The monoisotopic (exact) mass is 540 g/mol. The average Bonchev–Trinajstić information content (AvgIpc) is 2.95. The maximum atomic E-state index is 13.4. The Hall–Kier alpha value is -4.76. The zero-order valence-corrected chi connectivity index (χ0v) is 22.4. The Morgan fingerprint density at radius 1 is 0.795 bits per heavy atom. The summed E-state index contributed by atoms with van der Waals surface area (Å²) in [5, 5.41) is 7.02. The predicted octanol–water partition coefficient (Wildman–Crippen LogP) is 4.98. The third-order valence-corrected chi connectivity index (χ3v) is 7.62. The summed E-state index contributed by atoms with van der Waals surface area (Å²) in [5.41, 5.74) is 5.94. The number of rotatable bonds is 9. The van der Waals surface area contributed by atoms with Gasteiger partial charge in [-0.25, -0.2) is 13.8 Å². The molecule has 8 nitrogen and oxygen atoms in total. The van der Waals surface area contributed by atoms with Gasteiger partial charge in [0, 0.05) is 11.3 Å². The molecule has 4 rings (SSSR count). The second-order valence-corrected chi connectivity index (χ2v) is 10.7. The first kappa shape index (κ1) is 27.3. The third kappa shape index (κ3) is 6.97. The van der Waals surface area contributed by atoms with Crippen LogP contribution in [0, 0.1) is 6.92 Å². The number of carbonyl (C=O) groups excluding carboxylic acids is 2. The van der Waals surface area contributed by atoms with Crippen molar-refractivity contribution >= 4 is 38.9 Å². The zero-order chi connectivity index (χ0) is 27.8. The minimum atomic E-state index is -4.01. The Morgan fingerprint density at radius 3 is 2.13 bits per heavy atom. The maximum Gasteiger partial charge on any atom is 0.264 e. The molecule has 0 aliphatic rings. The summed E-state index contributed by atoms with van der Waals surface area (Å²) >= 11 is 0. The van der Waals surface area contributed by atoms with Gasteiger partial charge in [-0.05, 0) is 73.5 Å². The fraction of sp³-hybridized carbons (Fsp3) is 0.100. The van der Waals surface area contributed by atoms with Crippen molar-refractivity contribution in [2.24, 2.45) is 5.10 Å². The molecule has 0 aliphatic carbocycles. The molecule has 4 aromatic rings. The van der Waals surface area contributed by atoms with Crippen LogP contribution in [0.5, 0.6) is 0 Å². The van der Waals surface area contributed by atoms with Gasteiger partial charge in [-0.1, -0.05) is 60.7 Å². The first-order valence-corrected chi connectivity index (χ1v) is 13.6. The summed E-state index contributed by atoms with van der Waals surface area (Å²) in [4.78, 5) is 25.5. The van der Waals surface area contributed by atoms with E-state index >= 15 is 0 Å². The Morgan fingerprint density at radius 2 is 1.44 bits per heavy atom. The highest BCUT2D eigenvalue weighted by Crippen LogP contribution is 2.24. The van der Waals surface area contributed by atoms with E-state index in [-0.39, 0.29) is 10.8 Å². The topological polar surface area (TPSA) is 108 Å². The van der Waals surface area contributed by atoms with Crippen molar-refractivity contribution in [2.45, 2.75) is 18.7 Å². The molecule has 0 unspecified atom stereocenters. The van der Waals surface area contributed by atoms with Crippen molar-refractivity contribution in [2.75, 3.05) is 16.2 Å². The fourth-order valence-corrected chi connectivity index (χ4v) is 5.24. The lowest BCUT2D eigenvalue weighted by Gasteiger charge is -2.24. The number of amides is 2. The summed E-state index contributed by atoms with van der Waals surface area (Å²) < 4.78 is 28.0. The van der Waals surface area contributed by atoms with Gasteiger partial charge >= 0.3 is 0 Å². The average molecular weight is 541 g/mol. The second kappa shape index (κ2) is 12.2. The highest BCUT2D eigenvalue weighted by molar-refractivity contribution is 7.92. The molecule has 39 heavy (non-hydrogen) atoms. The van der Waals surface area contributed by atoms with Gasteiger partial charge in [-0.2, -0.15) is 5.10 Å². The molecule has 0 saturated carbocycles. The standard InChI is InChI=1S/C30H28N4O4S/c1-22-11-9-16-27(19-22)34(39(37,38)28-17-7-4-8-18-28)21-29(35)33-32-23(2)25-14-10-15-26(20-25)31-30(36)24-12-5-3-6-13-24/h3-20H,21H2,1-2H3,(H,31,36)(H,33,35)/b32-23-. The molecule has 0 aromatic heterocycles. The van der Waals surface area contributed by atoms with E-state index in [1.54, 1.807) is 91.9 Å². The van der Waals surface area contributed by atoms with Crippen LogP contribution in [0.4, 0.5) is 11.4 Å². The molecule has 9 heteroatoms. The number of nitrogens with one attached hydrogen (secondary N) is 2. The molecule has 0 fully saturated rings. The number of hydrazone groups is 1. The number of anilines is 2. The lowest BCUT2D eigenvalue weighted by Crippen LogP contribution is -2.39.